The fourth-order valence-electron chi connectivity index (χ4n) is 4.64. The molecule has 11 heteroatoms. The Hall–Kier alpha value is -4.48. The van der Waals surface area contributed by atoms with E-state index >= 15 is 0 Å². The number of fused-ring (bicyclic) bond motifs is 1. The lowest BCUT2D eigenvalue weighted by molar-refractivity contribution is -0.115. The van der Waals surface area contributed by atoms with Crippen LogP contribution in [0.4, 0.5) is 0 Å². The van der Waals surface area contributed by atoms with Crippen LogP contribution in [0.3, 0.4) is 0 Å². The lowest BCUT2D eigenvalue weighted by Crippen LogP contribution is -2.36. The van der Waals surface area contributed by atoms with E-state index in [0.29, 0.717) is 53.0 Å². The predicted molar refractivity (Wildman–Crippen MR) is 149 cm³/mol. The maximum atomic E-state index is 13.6. The third-order valence-electron chi connectivity index (χ3n) is 6.50. The number of primary amides is 1. The summed E-state index contributed by atoms with van der Waals surface area (Å²) in [5, 5.41) is 10.6. The number of amides is 1. The van der Waals surface area contributed by atoms with E-state index in [4.69, 9.17) is 4.74 Å². The zero-order valence-corrected chi connectivity index (χ0v) is 22.7. The number of aromatic nitrogens is 4. The molecule has 1 aliphatic heterocycles. The van der Waals surface area contributed by atoms with Crippen LogP contribution >= 0.6 is 0 Å². The Kier molecular flexibility index (Phi) is 8.97. The fraction of sp³-hybridized carbons (Fsp3) is 0.310. The second kappa shape index (κ2) is 12.6. The SMILES string of the molecule is CC(C)n1cc(C(=O)c2cncc(-c3cccc(C(=O)O)c3CN3CCOCC3)c2)c2cncnc21.CC(N)=O. The normalized spacial score (nSPS) is 13.6. The zero-order valence-electron chi connectivity index (χ0n) is 22.7. The third kappa shape index (κ3) is 6.38. The van der Waals surface area contributed by atoms with Crippen LogP contribution < -0.4 is 5.73 Å². The number of morpholine rings is 1. The van der Waals surface area contributed by atoms with Crippen molar-refractivity contribution in [2.45, 2.75) is 33.4 Å². The number of pyridine rings is 1. The molecule has 3 N–H and O–H groups in total. The van der Waals surface area contributed by atoms with Gasteiger partial charge in [-0.05, 0) is 37.1 Å². The van der Waals surface area contributed by atoms with Crippen molar-refractivity contribution in [1.82, 2.24) is 24.4 Å². The van der Waals surface area contributed by atoms with Gasteiger partial charge in [0.2, 0.25) is 5.91 Å². The molecule has 11 nitrogen and oxygen atoms in total. The largest absolute Gasteiger partial charge is 0.478 e. The summed E-state index contributed by atoms with van der Waals surface area (Å²) in [5.74, 6) is -1.51. The first-order valence-electron chi connectivity index (χ1n) is 12.9. The quantitative estimate of drug-likeness (QED) is 0.334. The van der Waals surface area contributed by atoms with Crippen molar-refractivity contribution >= 4 is 28.7 Å². The van der Waals surface area contributed by atoms with Crippen LogP contribution in [-0.2, 0) is 16.1 Å². The van der Waals surface area contributed by atoms with E-state index in [1.807, 2.05) is 30.7 Å². The van der Waals surface area contributed by atoms with Gasteiger partial charge in [0.25, 0.3) is 0 Å². The van der Waals surface area contributed by atoms with Crippen LogP contribution in [0.1, 0.15) is 58.7 Å². The number of aromatic carboxylic acids is 1. The maximum Gasteiger partial charge on any atom is 0.336 e. The molecular formula is C29H32N6O5. The number of nitrogens with zero attached hydrogens (tertiary/aromatic N) is 5. The van der Waals surface area contributed by atoms with Gasteiger partial charge in [-0.15, -0.1) is 0 Å². The summed E-state index contributed by atoms with van der Waals surface area (Å²) in [6, 6.07) is 7.12. The highest BCUT2D eigenvalue weighted by atomic mass is 16.5. The monoisotopic (exact) mass is 544 g/mol. The van der Waals surface area contributed by atoms with Gasteiger partial charge in [0.15, 0.2) is 5.78 Å². The van der Waals surface area contributed by atoms with Crippen LogP contribution in [0.25, 0.3) is 22.2 Å². The van der Waals surface area contributed by atoms with E-state index in [9.17, 15) is 19.5 Å². The number of ketones is 1. The molecule has 5 rings (SSSR count). The minimum absolute atomic E-state index is 0.120. The summed E-state index contributed by atoms with van der Waals surface area (Å²) >= 11 is 0. The number of carbonyl (C=O) groups excluding carboxylic acids is 2. The van der Waals surface area contributed by atoms with Gasteiger partial charge in [-0.3, -0.25) is 19.5 Å². The Bertz CT molecular complexity index is 1540. The highest BCUT2D eigenvalue weighted by Gasteiger charge is 2.22. The summed E-state index contributed by atoms with van der Waals surface area (Å²) in [5.41, 5.74) is 8.47. The van der Waals surface area contributed by atoms with Gasteiger partial charge >= 0.3 is 5.97 Å². The minimum Gasteiger partial charge on any atom is -0.478 e. The van der Waals surface area contributed by atoms with Crippen LogP contribution in [0, 0.1) is 0 Å². The summed E-state index contributed by atoms with van der Waals surface area (Å²) in [6.45, 7) is 8.53. The molecule has 0 unspecified atom stereocenters. The number of carboxylic acid groups (broad SMARTS) is 1. The Labute approximate surface area is 231 Å². The molecule has 1 saturated heterocycles. The number of hydrogen-bond donors (Lipinski definition) is 2. The Balaban J connectivity index is 0.000000867. The topological polar surface area (TPSA) is 154 Å². The van der Waals surface area contributed by atoms with Crippen molar-refractivity contribution in [3.63, 3.8) is 0 Å². The van der Waals surface area contributed by atoms with Crippen molar-refractivity contribution in [1.29, 1.82) is 0 Å². The van der Waals surface area contributed by atoms with E-state index in [-0.39, 0.29) is 23.3 Å². The van der Waals surface area contributed by atoms with Crippen LogP contribution in [0.2, 0.25) is 0 Å². The molecule has 4 heterocycles. The van der Waals surface area contributed by atoms with E-state index in [2.05, 4.69) is 25.6 Å². The molecule has 0 atom stereocenters. The first-order chi connectivity index (χ1) is 19.2. The lowest BCUT2D eigenvalue weighted by atomic mass is 9.94. The summed E-state index contributed by atoms with van der Waals surface area (Å²) < 4.78 is 7.40. The molecule has 0 radical (unpaired) electrons. The van der Waals surface area contributed by atoms with Crippen molar-refractivity contribution in [2.24, 2.45) is 5.73 Å². The van der Waals surface area contributed by atoms with Crippen molar-refractivity contribution in [3.8, 4) is 11.1 Å². The average Bonchev–Trinajstić information content (AvgIpc) is 3.33. The molecule has 4 aromatic rings. The van der Waals surface area contributed by atoms with Crippen LogP contribution in [0.15, 0.2) is 55.4 Å². The van der Waals surface area contributed by atoms with Crippen molar-refractivity contribution in [3.05, 3.63) is 77.6 Å². The first kappa shape index (κ1) is 28.5. The highest BCUT2D eigenvalue weighted by molar-refractivity contribution is 6.16. The Morgan fingerprint density at radius 1 is 1.07 bits per heavy atom. The van der Waals surface area contributed by atoms with Gasteiger partial charge in [0.1, 0.15) is 12.0 Å². The second-order valence-electron chi connectivity index (χ2n) is 9.73. The molecule has 0 aliphatic carbocycles. The third-order valence-corrected chi connectivity index (χ3v) is 6.50. The number of hydrogen-bond acceptors (Lipinski definition) is 8. The van der Waals surface area contributed by atoms with E-state index in [1.54, 1.807) is 30.6 Å². The lowest BCUT2D eigenvalue weighted by Gasteiger charge is -2.28. The number of carbonyl (C=O) groups is 3. The molecule has 208 valence electrons. The summed E-state index contributed by atoms with van der Waals surface area (Å²) in [4.78, 5) is 49.9. The number of carboxylic acids is 1. The highest BCUT2D eigenvalue weighted by Crippen LogP contribution is 2.30. The van der Waals surface area contributed by atoms with Gasteiger partial charge in [-0.2, -0.15) is 0 Å². The predicted octanol–water partition coefficient (Wildman–Crippen LogP) is 3.33. The van der Waals surface area contributed by atoms with Crippen molar-refractivity contribution in [2.75, 3.05) is 26.3 Å². The molecule has 1 aromatic carbocycles. The van der Waals surface area contributed by atoms with Gasteiger partial charge in [-0.25, -0.2) is 14.8 Å². The number of benzene rings is 1. The molecular weight excluding hydrogens is 512 g/mol. The average molecular weight is 545 g/mol. The molecule has 1 amide bonds. The number of nitrogens with two attached hydrogens (primary N) is 1. The Morgan fingerprint density at radius 3 is 2.48 bits per heavy atom. The van der Waals surface area contributed by atoms with E-state index in [1.165, 1.54) is 19.4 Å². The standard InChI is InChI=1S/C27H27N5O4.C2H5NO/c1-17(2)32-15-24(22-13-29-16-30-26(22)32)25(33)19-10-18(11-28-12-19)20-4-3-5-21(27(34)35)23(20)14-31-6-8-36-9-7-31;1-2(3)4/h3-5,10-13,15-17H,6-9,14H2,1-2H3,(H,34,35);1H3,(H2,3,4). The molecule has 0 saturated carbocycles. The van der Waals surface area contributed by atoms with Gasteiger partial charge in [0.05, 0.1) is 24.3 Å². The van der Waals surface area contributed by atoms with E-state index < -0.39 is 5.97 Å². The van der Waals surface area contributed by atoms with E-state index in [0.717, 1.165) is 18.7 Å². The second-order valence-corrected chi connectivity index (χ2v) is 9.73. The number of rotatable bonds is 7. The molecule has 0 bridgehead atoms. The first-order valence-corrected chi connectivity index (χ1v) is 12.9. The summed E-state index contributed by atoms with van der Waals surface area (Å²) in [7, 11) is 0. The van der Waals surface area contributed by atoms with Crippen LogP contribution in [0.5, 0.6) is 0 Å². The maximum absolute atomic E-state index is 13.6. The molecule has 1 aliphatic rings. The fourth-order valence-corrected chi connectivity index (χ4v) is 4.64. The zero-order chi connectivity index (χ0) is 28.8. The van der Waals surface area contributed by atoms with Gasteiger partial charge < -0.3 is 20.1 Å². The Morgan fingerprint density at radius 2 is 1.80 bits per heavy atom. The molecule has 0 spiro atoms. The summed E-state index contributed by atoms with van der Waals surface area (Å²) in [6.07, 6.45) is 8.15. The minimum atomic E-state index is -0.984. The van der Waals surface area contributed by atoms with Crippen molar-refractivity contribution < 1.29 is 24.2 Å². The molecule has 1 fully saturated rings. The number of ether oxygens (including phenoxy) is 1. The smallest absolute Gasteiger partial charge is 0.336 e. The van der Waals surface area contributed by atoms with Gasteiger partial charge in [-0.1, -0.05) is 12.1 Å². The van der Waals surface area contributed by atoms with Gasteiger partial charge in [0, 0.05) is 73.9 Å². The molecule has 40 heavy (non-hydrogen) atoms. The molecule has 3 aromatic heterocycles. The van der Waals surface area contributed by atoms with Crippen LogP contribution in [-0.4, -0.2) is 73.5 Å².